The SMILES string of the molecule is C1=C(Oc2ccccc2)CCC([S+]2CCCC2)=C1.CC.CO. The standard InChI is InChI=1S/C16H19OS.C2H6.CH4O/c1-2-6-14(7-3-1)17-15-8-10-16(11-9-15)18-12-4-5-13-18;2*1-2/h1-3,6-8,10H,4-5,9,11-13H2;1-2H3;2H,1H3/q+1;;. The molecule has 1 aromatic carbocycles. The molecule has 1 aliphatic carbocycles. The summed E-state index contributed by atoms with van der Waals surface area (Å²) < 4.78 is 5.89. The van der Waals surface area contributed by atoms with Crippen LogP contribution >= 0.6 is 0 Å². The molecule has 122 valence electrons. The largest absolute Gasteiger partial charge is 0.462 e. The van der Waals surface area contributed by atoms with E-state index in [9.17, 15) is 0 Å². The molecule has 1 heterocycles. The molecule has 1 N–H and O–H groups in total. The van der Waals surface area contributed by atoms with Crippen molar-refractivity contribution in [2.24, 2.45) is 0 Å². The summed E-state index contributed by atoms with van der Waals surface area (Å²) in [7, 11) is 1.59. The molecule has 1 saturated heterocycles. The predicted molar refractivity (Wildman–Crippen MR) is 98.3 cm³/mol. The van der Waals surface area contributed by atoms with Crippen LogP contribution in [0.2, 0.25) is 0 Å². The van der Waals surface area contributed by atoms with E-state index in [1.165, 1.54) is 30.8 Å². The van der Waals surface area contributed by atoms with Gasteiger partial charge in [-0.2, -0.15) is 0 Å². The summed E-state index contributed by atoms with van der Waals surface area (Å²) in [6.45, 7) is 4.00. The van der Waals surface area contributed by atoms with Gasteiger partial charge in [0.15, 0.2) is 0 Å². The molecule has 22 heavy (non-hydrogen) atoms. The van der Waals surface area contributed by atoms with Crippen LogP contribution in [0.15, 0.2) is 53.1 Å². The van der Waals surface area contributed by atoms with Gasteiger partial charge in [0.2, 0.25) is 0 Å². The Bertz CT molecular complexity index is 460. The fourth-order valence-corrected chi connectivity index (χ4v) is 4.97. The predicted octanol–water partition coefficient (Wildman–Crippen LogP) is 4.67. The second-order valence-corrected chi connectivity index (χ2v) is 7.12. The third-order valence-corrected chi connectivity index (χ3v) is 6.11. The fourth-order valence-electron chi connectivity index (χ4n) is 2.48. The molecule has 0 unspecified atom stereocenters. The lowest BCUT2D eigenvalue weighted by Crippen LogP contribution is -2.10. The Morgan fingerprint density at radius 1 is 0.909 bits per heavy atom. The van der Waals surface area contributed by atoms with Gasteiger partial charge in [0, 0.05) is 30.8 Å². The second-order valence-electron chi connectivity index (χ2n) is 4.79. The summed E-state index contributed by atoms with van der Waals surface area (Å²) >= 11 is 0. The molecule has 0 bridgehead atoms. The normalized spacial score (nSPS) is 17.3. The molecule has 2 aliphatic rings. The summed E-state index contributed by atoms with van der Waals surface area (Å²) in [4.78, 5) is 1.67. The number of benzene rings is 1. The first-order valence-corrected chi connectivity index (χ1v) is 9.73. The zero-order valence-corrected chi connectivity index (χ0v) is 14.9. The Balaban J connectivity index is 0.000000561. The maximum absolute atomic E-state index is 7.00. The fraction of sp³-hybridized carbons (Fsp3) is 0.474. The van der Waals surface area contributed by atoms with Gasteiger partial charge in [-0.3, -0.25) is 0 Å². The van der Waals surface area contributed by atoms with E-state index in [1.54, 1.807) is 4.91 Å². The molecule has 0 radical (unpaired) electrons. The van der Waals surface area contributed by atoms with Crippen LogP contribution in [0.1, 0.15) is 39.5 Å². The minimum atomic E-state index is 0.586. The van der Waals surface area contributed by atoms with Crippen molar-refractivity contribution >= 4 is 10.9 Å². The highest BCUT2D eigenvalue weighted by atomic mass is 32.2. The van der Waals surface area contributed by atoms with Gasteiger partial charge >= 0.3 is 0 Å². The minimum Gasteiger partial charge on any atom is -0.462 e. The molecule has 0 atom stereocenters. The van der Waals surface area contributed by atoms with Gasteiger partial charge in [-0.25, -0.2) is 0 Å². The molecule has 1 aliphatic heterocycles. The Hall–Kier alpha value is -1.19. The molecule has 0 amide bonds. The van der Waals surface area contributed by atoms with Gasteiger partial charge in [-0.1, -0.05) is 32.0 Å². The third kappa shape index (κ3) is 5.90. The lowest BCUT2D eigenvalue weighted by molar-refractivity contribution is 0.399. The van der Waals surface area contributed by atoms with Crippen LogP contribution in [0.5, 0.6) is 5.75 Å². The van der Waals surface area contributed by atoms with Gasteiger partial charge < -0.3 is 9.84 Å². The molecule has 1 aromatic rings. The molecular formula is C19H29O2S+. The molecule has 3 rings (SSSR count). The number of allylic oxidation sites excluding steroid dienone is 4. The molecule has 0 spiro atoms. The summed E-state index contributed by atoms with van der Waals surface area (Å²) in [6.07, 6.45) is 9.61. The quantitative estimate of drug-likeness (QED) is 0.820. The number of aliphatic hydroxyl groups is 1. The first-order valence-electron chi connectivity index (χ1n) is 8.17. The van der Waals surface area contributed by atoms with Gasteiger partial charge in [0.1, 0.15) is 27.9 Å². The number of hydrogen-bond acceptors (Lipinski definition) is 2. The average Bonchev–Trinajstić information content (AvgIpc) is 3.15. The second kappa shape index (κ2) is 11.4. The Morgan fingerprint density at radius 2 is 1.55 bits per heavy atom. The maximum Gasteiger partial charge on any atom is 0.132 e. The third-order valence-electron chi connectivity index (χ3n) is 3.47. The molecule has 3 heteroatoms. The summed E-state index contributed by atoms with van der Waals surface area (Å²) in [6, 6.07) is 10.1. The van der Waals surface area contributed by atoms with Crippen LogP contribution in [0.3, 0.4) is 0 Å². The number of ether oxygens (including phenoxy) is 1. The number of aliphatic hydroxyl groups excluding tert-OH is 1. The average molecular weight is 322 g/mol. The summed E-state index contributed by atoms with van der Waals surface area (Å²) in [5.74, 6) is 4.90. The van der Waals surface area contributed by atoms with Crippen molar-refractivity contribution in [3.63, 3.8) is 0 Å². The highest BCUT2D eigenvalue weighted by molar-refractivity contribution is 8.00. The Kier molecular flexibility index (Phi) is 9.76. The van der Waals surface area contributed by atoms with E-state index in [0.717, 1.165) is 25.0 Å². The zero-order valence-electron chi connectivity index (χ0n) is 14.0. The van der Waals surface area contributed by atoms with E-state index in [2.05, 4.69) is 12.2 Å². The van der Waals surface area contributed by atoms with Crippen LogP contribution in [0.25, 0.3) is 0 Å². The van der Waals surface area contributed by atoms with E-state index in [-0.39, 0.29) is 0 Å². The molecule has 2 nitrogen and oxygen atoms in total. The van der Waals surface area contributed by atoms with Crippen LogP contribution in [-0.4, -0.2) is 23.7 Å². The van der Waals surface area contributed by atoms with Crippen LogP contribution in [0, 0.1) is 0 Å². The smallest absolute Gasteiger partial charge is 0.132 e. The maximum atomic E-state index is 7.00. The van der Waals surface area contributed by atoms with E-state index in [4.69, 9.17) is 9.84 Å². The van der Waals surface area contributed by atoms with Crippen molar-refractivity contribution in [1.82, 2.24) is 0 Å². The van der Waals surface area contributed by atoms with Crippen molar-refractivity contribution in [1.29, 1.82) is 0 Å². The topological polar surface area (TPSA) is 29.5 Å². The lowest BCUT2D eigenvalue weighted by Gasteiger charge is -2.14. The monoisotopic (exact) mass is 321 g/mol. The van der Waals surface area contributed by atoms with Crippen molar-refractivity contribution in [2.75, 3.05) is 18.6 Å². The van der Waals surface area contributed by atoms with E-state index >= 15 is 0 Å². The van der Waals surface area contributed by atoms with Crippen LogP contribution in [-0.2, 0) is 10.9 Å². The van der Waals surface area contributed by atoms with Gasteiger partial charge in [0.25, 0.3) is 0 Å². The van der Waals surface area contributed by atoms with E-state index in [1.807, 2.05) is 44.2 Å². The lowest BCUT2D eigenvalue weighted by atomic mass is 10.1. The Labute approximate surface area is 138 Å². The first kappa shape index (κ1) is 18.9. The molecular weight excluding hydrogens is 292 g/mol. The Morgan fingerprint density at radius 3 is 2.09 bits per heavy atom. The van der Waals surface area contributed by atoms with Gasteiger partial charge in [-0.15, -0.1) is 0 Å². The zero-order chi connectivity index (χ0) is 16.2. The van der Waals surface area contributed by atoms with Crippen molar-refractivity contribution < 1.29 is 9.84 Å². The van der Waals surface area contributed by atoms with Crippen molar-refractivity contribution in [2.45, 2.75) is 39.5 Å². The number of hydrogen-bond donors (Lipinski definition) is 1. The summed E-state index contributed by atoms with van der Waals surface area (Å²) in [5, 5.41) is 7.00. The summed E-state index contributed by atoms with van der Waals surface area (Å²) in [5.41, 5.74) is 0. The molecule has 0 saturated carbocycles. The molecule has 1 fully saturated rings. The number of para-hydroxylation sites is 1. The molecule has 0 aromatic heterocycles. The van der Waals surface area contributed by atoms with Gasteiger partial charge in [0.05, 0.1) is 0 Å². The van der Waals surface area contributed by atoms with E-state index in [0.29, 0.717) is 10.9 Å². The highest BCUT2D eigenvalue weighted by Crippen LogP contribution is 2.30. The van der Waals surface area contributed by atoms with E-state index < -0.39 is 0 Å². The number of rotatable bonds is 3. The van der Waals surface area contributed by atoms with Crippen molar-refractivity contribution in [3.05, 3.63) is 53.1 Å². The van der Waals surface area contributed by atoms with Crippen molar-refractivity contribution in [3.8, 4) is 5.75 Å². The van der Waals surface area contributed by atoms with Crippen LogP contribution < -0.4 is 4.74 Å². The van der Waals surface area contributed by atoms with Crippen LogP contribution in [0.4, 0.5) is 0 Å². The minimum absolute atomic E-state index is 0.586. The first-order chi connectivity index (χ1) is 10.9. The highest BCUT2D eigenvalue weighted by Gasteiger charge is 2.29. The van der Waals surface area contributed by atoms with Gasteiger partial charge in [-0.05, 0) is 37.1 Å².